The topological polar surface area (TPSA) is 95.2 Å². The zero-order valence-electron chi connectivity index (χ0n) is 7.60. The maximum absolute atomic E-state index is 11.7. The Kier molecular flexibility index (Phi) is 2.12. The van der Waals surface area contributed by atoms with Gasteiger partial charge in [0.2, 0.25) is 0 Å². The van der Waals surface area contributed by atoms with Gasteiger partial charge in [-0.2, -0.15) is 5.10 Å². The van der Waals surface area contributed by atoms with Gasteiger partial charge in [0.1, 0.15) is 11.5 Å². The summed E-state index contributed by atoms with van der Waals surface area (Å²) in [6.45, 7) is 0.969. The molecule has 1 aliphatic rings. The molecule has 0 spiro atoms. The molecule has 4 N–H and O–H groups in total. The number of hydrogen-bond acceptors (Lipinski definition) is 4. The molecule has 0 aliphatic carbocycles. The summed E-state index contributed by atoms with van der Waals surface area (Å²) in [6, 6.07) is 1.49. The van der Waals surface area contributed by atoms with Crippen LogP contribution in [0.15, 0.2) is 6.07 Å². The molecular formula is C8H12N4O2. The number of aliphatic hydroxyl groups is 1. The van der Waals surface area contributed by atoms with Gasteiger partial charge >= 0.3 is 0 Å². The van der Waals surface area contributed by atoms with Gasteiger partial charge in [-0.1, -0.05) is 0 Å². The highest BCUT2D eigenvalue weighted by Crippen LogP contribution is 2.12. The lowest BCUT2D eigenvalue weighted by Crippen LogP contribution is -2.29. The van der Waals surface area contributed by atoms with Crippen molar-refractivity contribution in [3.8, 4) is 0 Å². The molecule has 0 aromatic carbocycles. The largest absolute Gasteiger partial charge is 0.391 e. The fraction of sp³-hybridized carbons (Fsp3) is 0.500. The summed E-state index contributed by atoms with van der Waals surface area (Å²) in [4.78, 5) is 13.3. The Morgan fingerprint density at radius 3 is 3.07 bits per heavy atom. The van der Waals surface area contributed by atoms with E-state index in [1.165, 1.54) is 6.07 Å². The van der Waals surface area contributed by atoms with Crippen molar-refractivity contribution in [2.24, 2.45) is 0 Å². The number of aromatic nitrogens is 2. The number of hydrogen-bond donors (Lipinski definition) is 3. The number of likely N-dealkylation sites (tertiary alicyclic amines) is 1. The average Bonchev–Trinajstić information content (AvgIpc) is 2.73. The maximum atomic E-state index is 11.7. The van der Waals surface area contributed by atoms with Gasteiger partial charge in [-0.25, -0.2) is 0 Å². The monoisotopic (exact) mass is 196 g/mol. The normalized spacial score (nSPS) is 21.5. The minimum Gasteiger partial charge on any atom is -0.391 e. The van der Waals surface area contributed by atoms with Gasteiger partial charge in [0, 0.05) is 19.2 Å². The SMILES string of the molecule is Nc1cc(C(=O)N2CCC(O)C2)[nH]n1. The van der Waals surface area contributed by atoms with Crippen LogP contribution in [0.5, 0.6) is 0 Å². The van der Waals surface area contributed by atoms with Gasteiger partial charge in [-0.3, -0.25) is 9.89 Å². The molecule has 76 valence electrons. The van der Waals surface area contributed by atoms with E-state index in [1.54, 1.807) is 4.90 Å². The molecule has 14 heavy (non-hydrogen) atoms. The van der Waals surface area contributed by atoms with Crippen LogP contribution in [0.3, 0.4) is 0 Å². The Morgan fingerprint density at radius 2 is 2.57 bits per heavy atom. The Balaban J connectivity index is 2.09. The van der Waals surface area contributed by atoms with Gasteiger partial charge in [-0.15, -0.1) is 0 Å². The molecule has 1 saturated heterocycles. The Bertz CT molecular complexity index is 349. The second-order valence-corrected chi connectivity index (χ2v) is 3.40. The van der Waals surface area contributed by atoms with Gasteiger partial charge in [0.15, 0.2) is 0 Å². The van der Waals surface area contributed by atoms with E-state index in [9.17, 15) is 9.90 Å². The number of nitrogens with one attached hydrogen (secondary N) is 1. The Hall–Kier alpha value is -1.56. The summed E-state index contributed by atoms with van der Waals surface area (Å²) in [5.74, 6) is 0.138. The second kappa shape index (κ2) is 3.30. The van der Waals surface area contributed by atoms with Crippen molar-refractivity contribution in [3.63, 3.8) is 0 Å². The van der Waals surface area contributed by atoms with E-state index in [0.717, 1.165) is 0 Å². The van der Waals surface area contributed by atoms with Crippen molar-refractivity contribution < 1.29 is 9.90 Å². The Labute approximate surface area is 80.7 Å². The molecule has 1 amide bonds. The molecule has 2 heterocycles. The number of carbonyl (C=O) groups is 1. The predicted molar refractivity (Wildman–Crippen MR) is 49.5 cm³/mol. The van der Waals surface area contributed by atoms with Crippen molar-refractivity contribution in [2.45, 2.75) is 12.5 Å². The first-order chi connectivity index (χ1) is 6.66. The molecular weight excluding hydrogens is 184 g/mol. The number of H-pyrrole nitrogens is 1. The minimum atomic E-state index is -0.404. The molecule has 1 fully saturated rings. The smallest absolute Gasteiger partial charge is 0.272 e. The first-order valence-electron chi connectivity index (χ1n) is 4.45. The van der Waals surface area contributed by atoms with E-state index in [2.05, 4.69) is 10.2 Å². The van der Waals surface area contributed by atoms with E-state index in [0.29, 0.717) is 31.0 Å². The number of nitrogen functional groups attached to an aromatic ring is 1. The summed E-state index contributed by atoms with van der Waals surface area (Å²) in [5, 5.41) is 15.5. The summed E-state index contributed by atoms with van der Waals surface area (Å²) in [6.07, 6.45) is 0.231. The van der Waals surface area contributed by atoms with Crippen molar-refractivity contribution in [1.82, 2.24) is 15.1 Å². The highest BCUT2D eigenvalue weighted by Gasteiger charge is 2.26. The molecule has 6 nitrogen and oxygen atoms in total. The first kappa shape index (κ1) is 9.01. The first-order valence-corrected chi connectivity index (χ1v) is 4.45. The zero-order valence-corrected chi connectivity index (χ0v) is 7.60. The number of amides is 1. The highest BCUT2D eigenvalue weighted by molar-refractivity contribution is 5.93. The van der Waals surface area contributed by atoms with Crippen LogP contribution >= 0.6 is 0 Å². The van der Waals surface area contributed by atoms with Crippen molar-refractivity contribution in [1.29, 1.82) is 0 Å². The van der Waals surface area contributed by atoms with Crippen LogP contribution in [0.4, 0.5) is 5.82 Å². The predicted octanol–water partition coefficient (Wildman–Crippen LogP) is -0.801. The molecule has 1 atom stereocenters. The fourth-order valence-electron chi connectivity index (χ4n) is 1.54. The number of nitrogens with two attached hydrogens (primary N) is 1. The number of β-amino-alcohol motifs (C(OH)–C–C–N with tert-alkyl or cyclic N) is 1. The minimum absolute atomic E-state index is 0.161. The van der Waals surface area contributed by atoms with Crippen molar-refractivity contribution in [3.05, 3.63) is 11.8 Å². The molecule has 0 bridgehead atoms. The summed E-state index contributed by atoms with van der Waals surface area (Å²) >= 11 is 0. The zero-order chi connectivity index (χ0) is 10.1. The third kappa shape index (κ3) is 1.56. The van der Waals surface area contributed by atoms with Crippen LogP contribution in [0.2, 0.25) is 0 Å². The van der Waals surface area contributed by atoms with E-state index in [4.69, 9.17) is 5.73 Å². The molecule has 1 aromatic heterocycles. The maximum Gasteiger partial charge on any atom is 0.272 e. The number of carbonyl (C=O) groups excluding carboxylic acids is 1. The molecule has 0 radical (unpaired) electrons. The second-order valence-electron chi connectivity index (χ2n) is 3.40. The standard InChI is InChI=1S/C8H12N4O2/c9-7-3-6(10-11-7)8(14)12-2-1-5(13)4-12/h3,5,13H,1-2,4H2,(H3,9,10,11). The van der Waals surface area contributed by atoms with E-state index in [1.807, 2.05) is 0 Å². The van der Waals surface area contributed by atoms with Crippen LogP contribution < -0.4 is 5.73 Å². The Morgan fingerprint density at radius 1 is 1.79 bits per heavy atom. The third-order valence-electron chi connectivity index (χ3n) is 2.28. The molecule has 1 aliphatic heterocycles. The summed E-state index contributed by atoms with van der Waals surface area (Å²) in [7, 11) is 0. The van der Waals surface area contributed by atoms with Gasteiger partial charge in [0.05, 0.1) is 6.10 Å². The van der Waals surface area contributed by atoms with E-state index < -0.39 is 6.10 Å². The van der Waals surface area contributed by atoms with Crippen molar-refractivity contribution in [2.75, 3.05) is 18.8 Å². The lowest BCUT2D eigenvalue weighted by molar-refractivity contribution is 0.0759. The van der Waals surface area contributed by atoms with Crippen LogP contribution in [-0.4, -0.2) is 45.3 Å². The number of aliphatic hydroxyl groups excluding tert-OH is 1. The van der Waals surface area contributed by atoms with Crippen LogP contribution in [0, 0.1) is 0 Å². The lowest BCUT2D eigenvalue weighted by atomic mass is 10.3. The molecule has 0 saturated carbocycles. The van der Waals surface area contributed by atoms with E-state index >= 15 is 0 Å². The van der Waals surface area contributed by atoms with Gasteiger partial charge in [0.25, 0.3) is 5.91 Å². The van der Waals surface area contributed by atoms with Crippen LogP contribution in [0.25, 0.3) is 0 Å². The quantitative estimate of drug-likeness (QED) is 0.548. The summed E-state index contributed by atoms with van der Waals surface area (Å²) in [5.41, 5.74) is 5.75. The van der Waals surface area contributed by atoms with Gasteiger partial charge < -0.3 is 15.7 Å². The molecule has 1 unspecified atom stereocenters. The highest BCUT2D eigenvalue weighted by atomic mass is 16.3. The lowest BCUT2D eigenvalue weighted by Gasteiger charge is -2.13. The van der Waals surface area contributed by atoms with Crippen molar-refractivity contribution >= 4 is 11.7 Å². The third-order valence-corrected chi connectivity index (χ3v) is 2.28. The number of rotatable bonds is 1. The van der Waals surface area contributed by atoms with E-state index in [-0.39, 0.29) is 5.91 Å². The molecule has 2 rings (SSSR count). The van der Waals surface area contributed by atoms with Crippen LogP contribution in [-0.2, 0) is 0 Å². The fourth-order valence-corrected chi connectivity index (χ4v) is 1.54. The number of anilines is 1. The average molecular weight is 196 g/mol. The summed E-state index contributed by atoms with van der Waals surface area (Å²) < 4.78 is 0. The van der Waals surface area contributed by atoms with Crippen LogP contribution in [0.1, 0.15) is 16.9 Å². The molecule has 6 heteroatoms. The number of aromatic amines is 1. The molecule has 1 aromatic rings. The van der Waals surface area contributed by atoms with Gasteiger partial charge in [-0.05, 0) is 6.42 Å². The number of nitrogens with zero attached hydrogens (tertiary/aromatic N) is 2.